The van der Waals surface area contributed by atoms with E-state index >= 15 is 0 Å². The fraction of sp³-hybridized carbons (Fsp3) is 0.500. The Balaban J connectivity index is 2.29. The van der Waals surface area contributed by atoms with E-state index in [9.17, 15) is 8.42 Å². The summed E-state index contributed by atoms with van der Waals surface area (Å²) in [5.74, 6) is 0.251. The molecule has 0 aliphatic carbocycles. The summed E-state index contributed by atoms with van der Waals surface area (Å²) < 4.78 is 21.8. The molecule has 0 saturated heterocycles. The lowest BCUT2D eigenvalue weighted by molar-refractivity contribution is 0.562. The molecule has 0 spiro atoms. The van der Waals surface area contributed by atoms with Gasteiger partial charge >= 0.3 is 0 Å². The SMILES string of the molecule is C[C@@H](NCCCS(C)(=O)=O)c1ccccc1. The minimum atomic E-state index is -2.83. The fourth-order valence-electron chi connectivity index (χ4n) is 1.51. The number of hydrogen-bond donors (Lipinski definition) is 1. The quantitative estimate of drug-likeness (QED) is 0.772. The molecule has 0 aromatic heterocycles. The second-order valence-corrected chi connectivity index (χ2v) is 6.33. The molecule has 0 unspecified atom stereocenters. The van der Waals surface area contributed by atoms with Crippen molar-refractivity contribution < 1.29 is 8.42 Å². The summed E-state index contributed by atoms with van der Waals surface area (Å²) in [6.07, 6.45) is 1.93. The molecule has 0 heterocycles. The lowest BCUT2D eigenvalue weighted by Gasteiger charge is -2.13. The van der Waals surface area contributed by atoms with Crippen LogP contribution >= 0.6 is 0 Å². The van der Waals surface area contributed by atoms with Crippen LogP contribution in [0.3, 0.4) is 0 Å². The number of sulfone groups is 1. The van der Waals surface area contributed by atoms with Crippen molar-refractivity contribution in [1.82, 2.24) is 5.32 Å². The summed E-state index contributed by atoms with van der Waals surface area (Å²) in [5.41, 5.74) is 1.22. The molecule has 3 nitrogen and oxygen atoms in total. The Kier molecular flexibility index (Phi) is 4.96. The summed E-state index contributed by atoms with van der Waals surface area (Å²) in [6, 6.07) is 10.4. The van der Waals surface area contributed by atoms with Crippen LogP contribution in [0.5, 0.6) is 0 Å². The van der Waals surface area contributed by atoms with Crippen molar-refractivity contribution in [3.05, 3.63) is 35.9 Å². The second kappa shape index (κ2) is 6.01. The molecule has 90 valence electrons. The standard InChI is InChI=1S/C12H19NO2S/c1-11(12-7-4-3-5-8-12)13-9-6-10-16(2,14)15/h3-5,7-8,11,13H,6,9-10H2,1-2H3/t11-/m1/s1. The minimum absolute atomic E-state index is 0.251. The number of rotatable bonds is 6. The molecule has 1 rings (SSSR count). The van der Waals surface area contributed by atoms with Crippen molar-refractivity contribution in [2.45, 2.75) is 19.4 Å². The molecule has 1 aromatic carbocycles. The summed E-state index contributed by atoms with van der Waals surface area (Å²) >= 11 is 0. The minimum Gasteiger partial charge on any atom is -0.310 e. The van der Waals surface area contributed by atoms with Gasteiger partial charge in [-0.05, 0) is 25.5 Å². The molecule has 0 amide bonds. The van der Waals surface area contributed by atoms with Crippen molar-refractivity contribution in [1.29, 1.82) is 0 Å². The van der Waals surface area contributed by atoms with Crippen molar-refractivity contribution in [2.24, 2.45) is 0 Å². The molecule has 16 heavy (non-hydrogen) atoms. The number of nitrogens with one attached hydrogen (secondary N) is 1. The van der Waals surface area contributed by atoms with Crippen LogP contribution in [0.2, 0.25) is 0 Å². The van der Waals surface area contributed by atoms with Gasteiger partial charge in [0.05, 0.1) is 5.75 Å². The third kappa shape index (κ3) is 5.28. The van der Waals surface area contributed by atoms with E-state index in [2.05, 4.69) is 24.4 Å². The second-order valence-electron chi connectivity index (χ2n) is 4.07. The predicted octanol–water partition coefficient (Wildman–Crippen LogP) is 1.77. The average Bonchev–Trinajstić information content (AvgIpc) is 2.24. The highest BCUT2D eigenvalue weighted by atomic mass is 32.2. The topological polar surface area (TPSA) is 46.2 Å². The van der Waals surface area contributed by atoms with Crippen LogP contribution in [0.15, 0.2) is 30.3 Å². The highest BCUT2D eigenvalue weighted by molar-refractivity contribution is 7.90. The Labute approximate surface area is 97.8 Å². The molecule has 0 aliphatic rings. The molecule has 1 N–H and O–H groups in total. The molecule has 1 atom stereocenters. The van der Waals surface area contributed by atoms with Gasteiger partial charge < -0.3 is 5.32 Å². The van der Waals surface area contributed by atoms with Crippen LogP contribution in [0, 0.1) is 0 Å². The third-order valence-corrected chi connectivity index (χ3v) is 3.47. The Bertz CT molecular complexity index is 400. The van der Waals surface area contributed by atoms with Gasteiger partial charge in [-0.1, -0.05) is 30.3 Å². The van der Waals surface area contributed by atoms with Crippen LogP contribution < -0.4 is 5.32 Å². The van der Waals surface area contributed by atoms with Gasteiger partial charge in [0.1, 0.15) is 9.84 Å². The van der Waals surface area contributed by atoms with Gasteiger partial charge in [-0.25, -0.2) is 8.42 Å². The normalized spacial score (nSPS) is 13.6. The fourth-order valence-corrected chi connectivity index (χ4v) is 2.18. The van der Waals surface area contributed by atoms with E-state index in [1.165, 1.54) is 11.8 Å². The maximum absolute atomic E-state index is 10.9. The van der Waals surface area contributed by atoms with E-state index < -0.39 is 9.84 Å². The van der Waals surface area contributed by atoms with Gasteiger partial charge in [0, 0.05) is 12.3 Å². The molecule has 4 heteroatoms. The molecular formula is C12H19NO2S. The maximum atomic E-state index is 10.9. The van der Waals surface area contributed by atoms with E-state index in [1.807, 2.05) is 18.2 Å². The Hall–Kier alpha value is -0.870. The first-order valence-electron chi connectivity index (χ1n) is 5.45. The summed E-state index contributed by atoms with van der Waals surface area (Å²) in [5, 5.41) is 3.31. The lowest BCUT2D eigenvalue weighted by atomic mass is 10.1. The van der Waals surface area contributed by atoms with Gasteiger partial charge in [0.2, 0.25) is 0 Å². The maximum Gasteiger partial charge on any atom is 0.147 e. The van der Waals surface area contributed by atoms with Crippen LogP contribution in [0.25, 0.3) is 0 Å². The smallest absolute Gasteiger partial charge is 0.147 e. The van der Waals surface area contributed by atoms with E-state index in [-0.39, 0.29) is 11.8 Å². The lowest BCUT2D eigenvalue weighted by Crippen LogP contribution is -2.21. The predicted molar refractivity (Wildman–Crippen MR) is 67.2 cm³/mol. The van der Waals surface area contributed by atoms with Gasteiger partial charge in [0.25, 0.3) is 0 Å². The average molecular weight is 241 g/mol. The van der Waals surface area contributed by atoms with Crippen LogP contribution in [-0.2, 0) is 9.84 Å². The molecule has 0 saturated carbocycles. The molecular weight excluding hydrogens is 222 g/mol. The Morgan fingerprint density at radius 2 is 1.88 bits per heavy atom. The molecule has 0 fully saturated rings. The zero-order chi connectivity index (χ0) is 12.0. The van der Waals surface area contributed by atoms with E-state index in [0.29, 0.717) is 6.42 Å². The third-order valence-electron chi connectivity index (χ3n) is 2.44. The van der Waals surface area contributed by atoms with E-state index in [1.54, 1.807) is 0 Å². The van der Waals surface area contributed by atoms with Crippen molar-refractivity contribution >= 4 is 9.84 Å². The number of hydrogen-bond acceptors (Lipinski definition) is 3. The number of benzene rings is 1. The largest absolute Gasteiger partial charge is 0.310 e. The summed E-state index contributed by atoms with van der Waals surface area (Å²) in [7, 11) is -2.83. The summed E-state index contributed by atoms with van der Waals surface area (Å²) in [4.78, 5) is 0. The zero-order valence-electron chi connectivity index (χ0n) is 9.81. The van der Waals surface area contributed by atoms with E-state index in [4.69, 9.17) is 0 Å². The van der Waals surface area contributed by atoms with Gasteiger partial charge in [-0.3, -0.25) is 0 Å². The van der Waals surface area contributed by atoms with Crippen molar-refractivity contribution in [3.8, 4) is 0 Å². The van der Waals surface area contributed by atoms with Crippen LogP contribution in [0.4, 0.5) is 0 Å². The monoisotopic (exact) mass is 241 g/mol. The van der Waals surface area contributed by atoms with Gasteiger partial charge in [-0.15, -0.1) is 0 Å². The van der Waals surface area contributed by atoms with Crippen LogP contribution in [0.1, 0.15) is 24.9 Å². The Morgan fingerprint density at radius 3 is 2.44 bits per heavy atom. The highest BCUT2D eigenvalue weighted by Crippen LogP contribution is 2.10. The zero-order valence-corrected chi connectivity index (χ0v) is 10.6. The van der Waals surface area contributed by atoms with Crippen molar-refractivity contribution in [2.75, 3.05) is 18.6 Å². The highest BCUT2D eigenvalue weighted by Gasteiger charge is 2.05. The molecule has 0 aliphatic heterocycles. The van der Waals surface area contributed by atoms with Crippen molar-refractivity contribution in [3.63, 3.8) is 0 Å². The summed E-state index contributed by atoms with van der Waals surface area (Å²) in [6.45, 7) is 2.80. The Morgan fingerprint density at radius 1 is 1.25 bits per heavy atom. The first kappa shape index (κ1) is 13.2. The first-order valence-corrected chi connectivity index (χ1v) is 7.51. The molecule has 0 radical (unpaired) electrons. The van der Waals surface area contributed by atoms with Gasteiger partial charge in [0.15, 0.2) is 0 Å². The van der Waals surface area contributed by atoms with E-state index in [0.717, 1.165) is 6.54 Å². The first-order chi connectivity index (χ1) is 7.49. The van der Waals surface area contributed by atoms with Crippen LogP contribution in [-0.4, -0.2) is 27.0 Å². The molecule has 0 bridgehead atoms. The molecule has 1 aromatic rings. The van der Waals surface area contributed by atoms with Gasteiger partial charge in [-0.2, -0.15) is 0 Å².